The van der Waals surface area contributed by atoms with E-state index in [2.05, 4.69) is 10.1 Å². The largest absolute Gasteiger partial charge is 0.573 e. The van der Waals surface area contributed by atoms with Gasteiger partial charge in [0.25, 0.3) is 0 Å². The highest BCUT2D eigenvalue weighted by Crippen LogP contribution is 2.30. The number of halogens is 3. The molecule has 0 spiro atoms. The Hall–Kier alpha value is -1.31. The summed E-state index contributed by atoms with van der Waals surface area (Å²) in [6.45, 7) is 0.848. The van der Waals surface area contributed by atoms with Gasteiger partial charge < -0.3 is 19.9 Å². The van der Waals surface area contributed by atoms with E-state index in [0.717, 1.165) is 12.8 Å². The summed E-state index contributed by atoms with van der Waals surface area (Å²) in [6.07, 6.45) is -2.84. The zero-order valence-corrected chi connectivity index (χ0v) is 11.4. The van der Waals surface area contributed by atoms with Crippen molar-refractivity contribution in [3.8, 4) is 5.75 Å². The summed E-state index contributed by atoms with van der Waals surface area (Å²) < 4.78 is 46.6. The first-order valence-electron chi connectivity index (χ1n) is 6.80. The lowest BCUT2D eigenvalue weighted by molar-refractivity contribution is -0.275. The predicted octanol–water partition coefficient (Wildman–Crippen LogP) is 2.39. The Morgan fingerprint density at radius 3 is 2.76 bits per heavy atom. The number of nitrogens with one attached hydrogen (secondary N) is 1. The van der Waals surface area contributed by atoms with Crippen LogP contribution >= 0.6 is 0 Å². The molecule has 1 aliphatic rings. The normalized spacial score (nSPS) is 20.5. The summed E-state index contributed by atoms with van der Waals surface area (Å²) in [6, 6.07) is 5.17. The van der Waals surface area contributed by atoms with Gasteiger partial charge in [-0.05, 0) is 18.9 Å². The van der Waals surface area contributed by atoms with Crippen molar-refractivity contribution in [1.82, 2.24) is 5.32 Å². The second-order valence-electron chi connectivity index (χ2n) is 4.86. The van der Waals surface area contributed by atoms with Crippen molar-refractivity contribution in [3.63, 3.8) is 0 Å². The molecule has 0 aliphatic carbocycles. The molecular formula is C14H18F3NO3. The first-order chi connectivity index (χ1) is 9.99. The molecule has 1 fully saturated rings. The fourth-order valence-corrected chi connectivity index (χ4v) is 2.34. The number of hydrogen-bond donors (Lipinski definition) is 2. The molecule has 118 valence electrons. The van der Waals surface area contributed by atoms with Gasteiger partial charge in [0.05, 0.1) is 18.8 Å². The Balaban J connectivity index is 2.05. The van der Waals surface area contributed by atoms with E-state index in [1.807, 2.05) is 0 Å². The minimum absolute atomic E-state index is 0.0368. The molecule has 2 N–H and O–H groups in total. The standard InChI is InChI=1S/C14H18F3NO3/c15-14(16,17)21-13-6-2-1-5-11(13)12(9-19)18-8-10-4-3-7-20-10/h1-2,5-6,10,12,18-19H,3-4,7-9H2. The highest BCUT2D eigenvalue weighted by Gasteiger charge is 2.33. The maximum atomic E-state index is 12.4. The van der Waals surface area contributed by atoms with Gasteiger partial charge in [-0.2, -0.15) is 0 Å². The van der Waals surface area contributed by atoms with E-state index in [9.17, 15) is 18.3 Å². The van der Waals surface area contributed by atoms with E-state index >= 15 is 0 Å². The molecule has 0 amide bonds. The molecule has 1 heterocycles. The van der Waals surface area contributed by atoms with Gasteiger partial charge in [-0.25, -0.2) is 0 Å². The van der Waals surface area contributed by atoms with Gasteiger partial charge in [0.1, 0.15) is 5.75 Å². The fraction of sp³-hybridized carbons (Fsp3) is 0.571. The van der Waals surface area contributed by atoms with Crippen LogP contribution in [0.4, 0.5) is 13.2 Å². The highest BCUT2D eigenvalue weighted by atomic mass is 19.4. The maximum absolute atomic E-state index is 12.4. The summed E-state index contributed by atoms with van der Waals surface area (Å²) in [5.74, 6) is -0.302. The quantitative estimate of drug-likeness (QED) is 0.847. The molecular weight excluding hydrogens is 287 g/mol. The van der Waals surface area contributed by atoms with Crippen LogP contribution in [-0.2, 0) is 4.74 Å². The van der Waals surface area contributed by atoms with E-state index in [1.165, 1.54) is 18.2 Å². The topological polar surface area (TPSA) is 50.7 Å². The lowest BCUT2D eigenvalue weighted by Crippen LogP contribution is -2.32. The number of hydrogen-bond acceptors (Lipinski definition) is 4. The lowest BCUT2D eigenvalue weighted by atomic mass is 10.1. The molecule has 2 atom stereocenters. The Bertz CT molecular complexity index is 447. The Morgan fingerprint density at radius 2 is 2.14 bits per heavy atom. The Labute approximate surface area is 120 Å². The number of benzene rings is 1. The summed E-state index contributed by atoms with van der Waals surface area (Å²) >= 11 is 0. The fourth-order valence-electron chi connectivity index (χ4n) is 2.34. The van der Waals surface area contributed by atoms with Crippen LogP contribution < -0.4 is 10.1 Å². The molecule has 1 saturated heterocycles. The SMILES string of the molecule is OCC(NCC1CCCO1)c1ccccc1OC(F)(F)F. The third kappa shape index (κ3) is 4.87. The van der Waals surface area contributed by atoms with Crippen molar-refractivity contribution in [1.29, 1.82) is 0 Å². The van der Waals surface area contributed by atoms with Crippen LogP contribution in [0.1, 0.15) is 24.4 Å². The zero-order valence-electron chi connectivity index (χ0n) is 11.4. The first kappa shape index (κ1) is 16.1. The smallest absolute Gasteiger partial charge is 0.405 e. The molecule has 4 nitrogen and oxygen atoms in total. The van der Waals surface area contributed by atoms with E-state index in [4.69, 9.17) is 4.74 Å². The molecule has 21 heavy (non-hydrogen) atoms. The first-order valence-corrected chi connectivity index (χ1v) is 6.80. The third-order valence-electron chi connectivity index (χ3n) is 3.32. The van der Waals surface area contributed by atoms with Crippen molar-refractivity contribution in [2.75, 3.05) is 19.8 Å². The minimum atomic E-state index is -4.76. The molecule has 0 aromatic heterocycles. The lowest BCUT2D eigenvalue weighted by Gasteiger charge is -2.22. The molecule has 1 aliphatic heterocycles. The molecule has 2 rings (SSSR count). The van der Waals surface area contributed by atoms with Crippen LogP contribution in [0, 0.1) is 0 Å². The van der Waals surface area contributed by atoms with Crippen LogP contribution in [-0.4, -0.2) is 37.3 Å². The molecule has 0 radical (unpaired) electrons. The molecule has 2 unspecified atom stereocenters. The number of ether oxygens (including phenoxy) is 2. The van der Waals surface area contributed by atoms with Gasteiger partial charge in [0, 0.05) is 18.7 Å². The van der Waals surface area contributed by atoms with Crippen molar-refractivity contribution in [2.24, 2.45) is 0 Å². The van der Waals surface area contributed by atoms with Gasteiger partial charge in [-0.3, -0.25) is 0 Å². The highest BCUT2D eigenvalue weighted by molar-refractivity contribution is 5.36. The summed E-state index contributed by atoms with van der Waals surface area (Å²) in [5, 5.41) is 12.5. The van der Waals surface area contributed by atoms with Gasteiger partial charge in [0.2, 0.25) is 0 Å². The van der Waals surface area contributed by atoms with Gasteiger partial charge in [-0.15, -0.1) is 13.2 Å². The molecule has 0 bridgehead atoms. The summed E-state index contributed by atoms with van der Waals surface area (Å²) in [4.78, 5) is 0. The maximum Gasteiger partial charge on any atom is 0.573 e. The van der Waals surface area contributed by atoms with Crippen LogP contribution in [0.25, 0.3) is 0 Å². The van der Waals surface area contributed by atoms with Gasteiger partial charge in [-0.1, -0.05) is 18.2 Å². The second kappa shape index (κ2) is 7.11. The molecule has 1 aromatic rings. The van der Waals surface area contributed by atoms with Gasteiger partial charge in [0.15, 0.2) is 0 Å². The number of aliphatic hydroxyl groups is 1. The van der Waals surface area contributed by atoms with Gasteiger partial charge >= 0.3 is 6.36 Å². The number of para-hydroxylation sites is 1. The number of alkyl halides is 3. The van der Waals surface area contributed by atoms with E-state index in [1.54, 1.807) is 6.07 Å². The Kier molecular flexibility index (Phi) is 5.44. The number of aliphatic hydroxyl groups excluding tert-OH is 1. The van der Waals surface area contributed by atoms with Crippen molar-refractivity contribution >= 4 is 0 Å². The number of rotatable bonds is 6. The van der Waals surface area contributed by atoms with E-state index in [-0.39, 0.29) is 24.0 Å². The van der Waals surface area contributed by atoms with E-state index in [0.29, 0.717) is 13.2 Å². The minimum Gasteiger partial charge on any atom is -0.405 e. The molecule has 7 heteroatoms. The van der Waals surface area contributed by atoms with Crippen molar-refractivity contribution in [2.45, 2.75) is 31.3 Å². The summed E-state index contributed by atoms with van der Waals surface area (Å²) in [7, 11) is 0. The average molecular weight is 305 g/mol. The molecule has 0 saturated carbocycles. The third-order valence-corrected chi connectivity index (χ3v) is 3.32. The van der Waals surface area contributed by atoms with Crippen LogP contribution in [0.3, 0.4) is 0 Å². The zero-order chi connectivity index (χ0) is 15.3. The van der Waals surface area contributed by atoms with Crippen molar-refractivity contribution in [3.05, 3.63) is 29.8 Å². The van der Waals surface area contributed by atoms with Crippen LogP contribution in [0.15, 0.2) is 24.3 Å². The monoisotopic (exact) mass is 305 g/mol. The Morgan fingerprint density at radius 1 is 1.38 bits per heavy atom. The summed E-state index contributed by atoms with van der Waals surface area (Å²) in [5.41, 5.74) is 0.273. The average Bonchev–Trinajstić information content (AvgIpc) is 2.92. The van der Waals surface area contributed by atoms with E-state index < -0.39 is 12.4 Å². The van der Waals surface area contributed by atoms with Crippen molar-refractivity contribution < 1.29 is 27.8 Å². The van der Waals surface area contributed by atoms with Crippen LogP contribution in [0.5, 0.6) is 5.75 Å². The second-order valence-corrected chi connectivity index (χ2v) is 4.86. The predicted molar refractivity (Wildman–Crippen MR) is 69.9 cm³/mol. The van der Waals surface area contributed by atoms with Crippen LogP contribution in [0.2, 0.25) is 0 Å². The molecule has 1 aromatic carbocycles.